The number of carbonyl (C=O) groups excluding carboxylic acids is 1. The van der Waals surface area contributed by atoms with Crippen LogP contribution in [0.2, 0.25) is 0 Å². The first-order chi connectivity index (χ1) is 13.6. The Bertz CT molecular complexity index is 696. The highest BCUT2D eigenvalue weighted by Crippen LogP contribution is 2.45. The summed E-state index contributed by atoms with van der Waals surface area (Å²) in [6, 6.07) is 9.24. The lowest BCUT2D eigenvalue weighted by Gasteiger charge is -2.39. The van der Waals surface area contributed by atoms with Crippen LogP contribution in [0.3, 0.4) is 0 Å². The lowest BCUT2D eigenvalue weighted by atomic mass is 9.76. The molecular formula is C22H30N2O4. The Balaban J connectivity index is 1.24. The minimum atomic E-state index is -0.841. The van der Waals surface area contributed by atoms with Gasteiger partial charge in [0.15, 0.2) is 0 Å². The van der Waals surface area contributed by atoms with E-state index in [2.05, 4.69) is 4.90 Å². The molecule has 1 amide bonds. The highest BCUT2D eigenvalue weighted by molar-refractivity contribution is 5.87. The van der Waals surface area contributed by atoms with Crippen molar-refractivity contribution >= 4 is 11.9 Å². The van der Waals surface area contributed by atoms with Gasteiger partial charge in [-0.2, -0.15) is 0 Å². The van der Waals surface area contributed by atoms with Gasteiger partial charge in [0.1, 0.15) is 11.8 Å². The molecule has 0 bridgehead atoms. The van der Waals surface area contributed by atoms with E-state index < -0.39 is 12.0 Å². The molecule has 1 saturated carbocycles. The highest BCUT2D eigenvalue weighted by Gasteiger charge is 2.51. The van der Waals surface area contributed by atoms with E-state index in [0.717, 1.165) is 57.5 Å². The summed E-state index contributed by atoms with van der Waals surface area (Å²) in [6.07, 6.45) is 5.40. The first-order valence-electron chi connectivity index (χ1n) is 10.5. The highest BCUT2D eigenvalue weighted by atomic mass is 16.5. The zero-order valence-corrected chi connectivity index (χ0v) is 16.4. The maximum absolute atomic E-state index is 12.5. The average Bonchev–Trinajstić information content (AvgIpc) is 3.49. The van der Waals surface area contributed by atoms with Gasteiger partial charge in [0.25, 0.3) is 0 Å². The Hall–Kier alpha value is -2.08. The van der Waals surface area contributed by atoms with Gasteiger partial charge in [-0.25, -0.2) is 4.79 Å². The molecular weight excluding hydrogens is 356 g/mol. The molecule has 3 fully saturated rings. The molecule has 28 heavy (non-hydrogen) atoms. The number of rotatable bonds is 7. The lowest BCUT2D eigenvalue weighted by Crippen LogP contribution is -2.43. The molecule has 6 heteroatoms. The molecule has 1 spiro atoms. The van der Waals surface area contributed by atoms with E-state index in [1.54, 1.807) is 4.90 Å². The summed E-state index contributed by atoms with van der Waals surface area (Å²) in [5, 5.41) is 9.62. The van der Waals surface area contributed by atoms with Gasteiger partial charge in [-0.05, 0) is 69.2 Å². The van der Waals surface area contributed by atoms with E-state index in [9.17, 15) is 14.7 Å². The fourth-order valence-electron chi connectivity index (χ4n) is 4.68. The second kappa shape index (κ2) is 8.11. The van der Waals surface area contributed by atoms with Crippen LogP contribution in [-0.4, -0.2) is 65.6 Å². The monoisotopic (exact) mass is 386 g/mol. The van der Waals surface area contributed by atoms with E-state index in [1.165, 1.54) is 0 Å². The van der Waals surface area contributed by atoms with Gasteiger partial charge < -0.3 is 19.6 Å². The summed E-state index contributed by atoms with van der Waals surface area (Å²) in [5.41, 5.74) is -0.00928. The molecule has 1 aliphatic carbocycles. The van der Waals surface area contributed by atoms with Crippen molar-refractivity contribution in [2.24, 2.45) is 11.3 Å². The fraction of sp³-hybridized carbons (Fsp3) is 0.636. The fourth-order valence-corrected chi connectivity index (χ4v) is 4.68. The van der Waals surface area contributed by atoms with Crippen LogP contribution in [0.25, 0.3) is 0 Å². The quantitative estimate of drug-likeness (QED) is 0.730. The van der Waals surface area contributed by atoms with E-state index >= 15 is 0 Å². The zero-order chi connectivity index (χ0) is 19.6. The summed E-state index contributed by atoms with van der Waals surface area (Å²) in [5.74, 6) is 0.226. The largest absolute Gasteiger partial charge is 0.494 e. The van der Waals surface area contributed by atoms with Crippen molar-refractivity contribution < 1.29 is 19.4 Å². The van der Waals surface area contributed by atoms with Crippen LogP contribution in [-0.2, 0) is 9.59 Å². The molecule has 4 rings (SSSR count). The number of aliphatic carboxylic acids is 1. The molecule has 0 radical (unpaired) electrons. The van der Waals surface area contributed by atoms with Crippen LogP contribution >= 0.6 is 0 Å². The minimum absolute atomic E-state index is 0.00928. The SMILES string of the molecule is O=C(O)[C@H]1CC2(CCN(CCCOc3ccccc3)CC2)CN1C(=O)C1CC1. The van der Waals surface area contributed by atoms with E-state index in [1.807, 2.05) is 30.3 Å². The number of benzene rings is 1. The molecule has 2 saturated heterocycles. The number of para-hydroxylation sites is 1. The zero-order valence-electron chi connectivity index (χ0n) is 16.4. The van der Waals surface area contributed by atoms with Crippen molar-refractivity contribution in [1.82, 2.24) is 9.80 Å². The Morgan fingerprint density at radius 2 is 1.86 bits per heavy atom. The minimum Gasteiger partial charge on any atom is -0.494 e. The molecule has 0 unspecified atom stereocenters. The van der Waals surface area contributed by atoms with Gasteiger partial charge in [-0.15, -0.1) is 0 Å². The molecule has 0 aromatic heterocycles. The predicted molar refractivity (Wildman–Crippen MR) is 105 cm³/mol. The summed E-state index contributed by atoms with van der Waals surface area (Å²) in [7, 11) is 0. The van der Waals surface area contributed by atoms with Crippen LogP contribution < -0.4 is 4.74 Å². The molecule has 2 heterocycles. The number of hydrogen-bond acceptors (Lipinski definition) is 4. The molecule has 152 valence electrons. The Morgan fingerprint density at radius 3 is 2.50 bits per heavy atom. The number of likely N-dealkylation sites (tertiary alicyclic amines) is 2. The summed E-state index contributed by atoms with van der Waals surface area (Å²) in [4.78, 5) is 28.4. The van der Waals surface area contributed by atoms with Crippen molar-refractivity contribution in [2.75, 3.05) is 32.8 Å². The number of amides is 1. The Kier molecular flexibility index (Phi) is 5.58. The molecule has 1 N–H and O–H groups in total. The third-order valence-electron chi connectivity index (χ3n) is 6.55. The van der Waals surface area contributed by atoms with Gasteiger partial charge in [0.05, 0.1) is 6.61 Å². The van der Waals surface area contributed by atoms with Crippen molar-refractivity contribution in [2.45, 2.75) is 44.6 Å². The summed E-state index contributed by atoms with van der Waals surface area (Å²) in [6.45, 7) is 4.28. The topological polar surface area (TPSA) is 70.1 Å². The van der Waals surface area contributed by atoms with Gasteiger partial charge in [0, 0.05) is 19.0 Å². The molecule has 2 aliphatic heterocycles. The number of carbonyl (C=O) groups is 2. The van der Waals surface area contributed by atoms with E-state index in [4.69, 9.17) is 4.74 Å². The first kappa shape index (κ1) is 19.2. The summed E-state index contributed by atoms with van der Waals surface area (Å²) >= 11 is 0. The maximum atomic E-state index is 12.5. The number of carboxylic acids is 1. The number of ether oxygens (including phenoxy) is 1. The molecule has 6 nitrogen and oxygen atoms in total. The van der Waals surface area contributed by atoms with Crippen molar-refractivity contribution in [3.63, 3.8) is 0 Å². The van der Waals surface area contributed by atoms with Gasteiger partial charge in [-0.3, -0.25) is 4.79 Å². The van der Waals surface area contributed by atoms with E-state index in [0.29, 0.717) is 19.6 Å². The lowest BCUT2D eigenvalue weighted by molar-refractivity contribution is -0.148. The number of nitrogens with zero attached hydrogens (tertiary/aromatic N) is 2. The number of piperidine rings is 1. The summed E-state index contributed by atoms with van der Waals surface area (Å²) < 4.78 is 5.76. The smallest absolute Gasteiger partial charge is 0.326 e. The maximum Gasteiger partial charge on any atom is 0.326 e. The number of carboxylic acid groups (broad SMARTS) is 1. The standard InChI is InChI=1S/C22H30N2O4/c25-20(17-7-8-17)24-16-22(15-19(24)21(26)27)9-12-23(13-10-22)11-4-14-28-18-5-2-1-3-6-18/h1-3,5-6,17,19H,4,7-16H2,(H,26,27)/t19-/m1/s1. The molecule has 1 aromatic rings. The average molecular weight is 386 g/mol. The molecule has 1 aromatic carbocycles. The second-order valence-corrected chi connectivity index (χ2v) is 8.66. The van der Waals surface area contributed by atoms with Crippen molar-refractivity contribution in [1.29, 1.82) is 0 Å². The van der Waals surface area contributed by atoms with Gasteiger partial charge >= 0.3 is 5.97 Å². The molecule has 3 aliphatic rings. The van der Waals surface area contributed by atoms with Crippen LogP contribution in [0.15, 0.2) is 30.3 Å². The molecule has 1 atom stereocenters. The third-order valence-corrected chi connectivity index (χ3v) is 6.55. The first-order valence-corrected chi connectivity index (χ1v) is 10.5. The van der Waals surface area contributed by atoms with Gasteiger partial charge in [-0.1, -0.05) is 18.2 Å². The van der Waals surface area contributed by atoms with Crippen LogP contribution in [0, 0.1) is 11.3 Å². The van der Waals surface area contributed by atoms with Crippen molar-refractivity contribution in [3.05, 3.63) is 30.3 Å². The number of hydrogen-bond donors (Lipinski definition) is 1. The van der Waals surface area contributed by atoms with Crippen LogP contribution in [0.4, 0.5) is 0 Å². The van der Waals surface area contributed by atoms with Crippen molar-refractivity contribution in [3.8, 4) is 5.75 Å². The van der Waals surface area contributed by atoms with Crippen LogP contribution in [0.1, 0.15) is 38.5 Å². The third kappa shape index (κ3) is 4.32. The van der Waals surface area contributed by atoms with Crippen LogP contribution in [0.5, 0.6) is 5.75 Å². The second-order valence-electron chi connectivity index (χ2n) is 8.66. The Labute approximate surface area is 166 Å². The van der Waals surface area contributed by atoms with Gasteiger partial charge in [0.2, 0.25) is 5.91 Å². The normalized spacial score (nSPS) is 24.4. The predicted octanol–water partition coefficient (Wildman–Crippen LogP) is 2.63. The van der Waals surface area contributed by atoms with E-state index in [-0.39, 0.29) is 17.2 Å². The Morgan fingerprint density at radius 1 is 1.14 bits per heavy atom.